The summed E-state index contributed by atoms with van der Waals surface area (Å²) in [7, 11) is 0. The highest BCUT2D eigenvalue weighted by Crippen LogP contribution is 2.59. The average Bonchev–Trinajstić information content (AvgIpc) is 3.49. The molecule has 0 spiro atoms. The minimum atomic E-state index is -0.628. The van der Waals surface area contributed by atoms with Crippen molar-refractivity contribution in [1.29, 1.82) is 0 Å². The first-order valence-electron chi connectivity index (χ1n) is 12.0. The minimum absolute atomic E-state index is 0.289. The molecule has 0 bridgehead atoms. The zero-order valence-electron chi connectivity index (χ0n) is 18.6. The van der Waals surface area contributed by atoms with Crippen molar-refractivity contribution in [1.82, 2.24) is 0 Å². The lowest BCUT2D eigenvalue weighted by Crippen LogP contribution is -2.35. The van der Waals surface area contributed by atoms with Crippen LogP contribution in [0.3, 0.4) is 0 Å². The van der Waals surface area contributed by atoms with E-state index in [1.165, 1.54) is 31.3 Å². The Morgan fingerprint density at radius 2 is 1.97 bits per heavy atom. The Hall–Kier alpha value is -1.45. The molecule has 0 heterocycles. The maximum Gasteiger partial charge on any atom is 0.158 e. The van der Waals surface area contributed by atoms with Crippen LogP contribution in [0.15, 0.2) is 47.6 Å². The number of carbonyl (C=O) groups excluding carboxylic acids is 1. The van der Waals surface area contributed by atoms with Crippen LogP contribution in [-0.4, -0.2) is 28.2 Å². The molecule has 30 heavy (non-hydrogen) atoms. The Kier molecular flexibility index (Phi) is 6.23. The van der Waals surface area contributed by atoms with Gasteiger partial charge in [0.1, 0.15) is 0 Å². The zero-order valence-corrected chi connectivity index (χ0v) is 18.6. The molecule has 0 radical (unpaired) electrons. The monoisotopic (exact) mass is 410 g/mol. The summed E-state index contributed by atoms with van der Waals surface area (Å²) in [6, 6.07) is 0. The van der Waals surface area contributed by atoms with Crippen molar-refractivity contribution in [3.63, 3.8) is 0 Å². The first-order chi connectivity index (χ1) is 14.3. The van der Waals surface area contributed by atoms with Gasteiger partial charge in [0.05, 0.1) is 12.2 Å². The highest BCUT2D eigenvalue weighted by atomic mass is 16.3. The second-order valence-corrected chi connectivity index (χ2v) is 10.6. The molecule has 4 aliphatic rings. The molecule has 0 saturated heterocycles. The van der Waals surface area contributed by atoms with Crippen LogP contribution in [0.2, 0.25) is 0 Å². The second-order valence-electron chi connectivity index (χ2n) is 10.6. The second kappa shape index (κ2) is 8.59. The van der Waals surface area contributed by atoms with Crippen molar-refractivity contribution in [3.8, 4) is 0 Å². The number of aliphatic hydroxyl groups is 2. The van der Waals surface area contributed by atoms with Crippen molar-refractivity contribution < 1.29 is 15.0 Å². The Balaban J connectivity index is 1.49. The average molecular weight is 411 g/mol. The number of hydrogen-bond donors (Lipinski definition) is 2. The lowest BCUT2D eigenvalue weighted by atomic mass is 9.61. The molecule has 4 fully saturated rings. The predicted molar refractivity (Wildman–Crippen MR) is 121 cm³/mol. The van der Waals surface area contributed by atoms with Gasteiger partial charge < -0.3 is 10.2 Å². The van der Waals surface area contributed by atoms with Gasteiger partial charge in [0.2, 0.25) is 0 Å². The Labute approximate surface area is 181 Å². The molecule has 0 aromatic carbocycles. The summed E-state index contributed by atoms with van der Waals surface area (Å²) in [5.74, 6) is 2.28. The number of hydrogen-bond acceptors (Lipinski definition) is 3. The molecule has 0 unspecified atom stereocenters. The summed E-state index contributed by atoms with van der Waals surface area (Å²) >= 11 is 0. The van der Waals surface area contributed by atoms with E-state index in [0.29, 0.717) is 42.3 Å². The van der Waals surface area contributed by atoms with Gasteiger partial charge in [0, 0.05) is 12.3 Å². The molecule has 0 aromatic heterocycles. The van der Waals surface area contributed by atoms with Gasteiger partial charge in [-0.25, -0.2) is 0 Å². The van der Waals surface area contributed by atoms with Crippen LogP contribution in [0.1, 0.15) is 71.6 Å². The fourth-order valence-corrected chi connectivity index (χ4v) is 6.49. The third kappa shape index (κ3) is 4.29. The number of aliphatic hydroxyl groups excluding tert-OH is 2. The maximum atomic E-state index is 12.1. The molecular weight excluding hydrogens is 372 g/mol. The van der Waals surface area contributed by atoms with E-state index in [9.17, 15) is 15.0 Å². The smallest absolute Gasteiger partial charge is 0.158 e. The Morgan fingerprint density at radius 1 is 1.20 bits per heavy atom. The van der Waals surface area contributed by atoms with Gasteiger partial charge >= 0.3 is 0 Å². The van der Waals surface area contributed by atoms with Crippen LogP contribution in [0.4, 0.5) is 0 Å². The van der Waals surface area contributed by atoms with E-state index < -0.39 is 12.2 Å². The number of allylic oxidation sites excluding steroid dienone is 5. The van der Waals surface area contributed by atoms with Crippen LogP contribution in [-0.2, 0) is 4.79 Å². The molecule has 4 rings (SSSR count). The van der Waals surface area contributed by atoms with Gasteiger partial charge in [-0.1, -0.05) is 44.2 Å². The number of ketones is 1. The molecule has 164 valence electrons. The standard InChI is InChI=1S/C27H38O3/c1-17(6-13-25(29)20-8-9-20)23-11-12-24-19(5-4-14-27(23,24)3)7-10-21-15-22(28)16-26(30)18(21)2/h6-7,10,13,17,20,22-24,26,28,30H,2,4-5,8-9,11-12,14-16H2,1,3H3/b13-6+,19-7+,21-10-/t17-,22-,23-,24-,26+,27-/m1/s1. The van der Waals surface area contributed by atoms with Crippen LogP contribution < -0.4 is 0 Å². The van der Waals surface area contributed by atoms with Gasteiger partial charge in [-0.2, -0.15) is 0 Å². The molecule has 2 N–H and O–H groups in total. The summed E-state index contributed by atoms with van der Waals surface area (Å²) in [6.07, 6.45) is 16.5. The largest absolute Gasteiger partial charge is 0.393 e. The first-order valence-corrected chi connectivity index (χ1v) is 12.0. The van der Waals surface area contributed by atoms with E-state index in [1.807, 2.05) is 6.08 Å². The Morgan fingerprint density at radius 3 is 2.70 bits per heavy atom. The van der Waals surface area contributed by atoms with E-state index in [1.54, 1.807) is 0 Å². The van der Waals surface area contributed by atoms with Crippen LogP contribution in [0.25, 0.3) is 0 Å². The van der Waals surface area contributed by atoms with E-state index in [4.69, 9.17) is 0 Å². The van der Waals surface area contributed by atoms with E-state index >= 15 is 0 Å². The van der Waals surface area contributed by atoms with E-state index in [-0.39, 0.29) is 5.41 Å². The van der Waals surface area contributed by atoms with Gasteiger partial charge in [-0.15, -0.1) is 0 Å². The summed E-state index contributed by atoms with van der Waals surface area (Å²) in [6.45, 7) is 8.81. The molecule has 0 aromatic rings. The number of rotatable bonds is 5. The molecule has 6 atom stereocenters. The molecular formula is C27H38O3. The SMILES string of the molecule is C=C1/C(=C\C=C2/CCC[C@@]3(C)[C@@H]2CC[C@@H]3[C@H](C)/C=C/C(=O)C2CC2)C[C@@H](O)C[C@@H]1O. The Bertz CT molecular complexity index is 784. The highest BCUT2D eigenvalue weighted by Gasteiger charge is 2.50. The van der Waals surface area contributed by atoms with Gasteiger partial charge in [-0.05, 0) is 91.8 Å². The minimum Gasteiger partial charge on any atom is -0.393 e. The zero-order chi connectivity index (χ0) is 21.5. The van der Waals surface area contributed by atoms with Crippen molar-refractivity contribution in [3.05, 3.63) is 47.6 Å². The quantitative estimate of drug-likeness (QED) is 0.605. The summed E-state index contributed by atoms with van der Waals surface area (Å²) in [5.41, 5.74) is 3.56. The topological polar surface area (TPSA) is 57.5 Å². The molecule has 4 saturated carbocycles. The molecule has 0 amide bonds. The van der Waals surface area contributed by atoms with Crippen molar-refractivity contribution in [2.45, 2.75) is 83.8 Å². The summed E-state index contributed by atoms with van der Waals surface area (Å²) in [5, 5.41) is 20.1. The lowest BCUT2D eigenvalue weighted by Gasteiger charge is -2.44. The number of carbonyl (C=O) groups is 1. The molecule has 3 nitrogen and oxygen atoms in total. The van der Waals surface area contributed by atoms with Gasteiger partial charge in [0.25, 0.3) is 0 Å². The number of fused-ring (bicyclic) bond motifs is 1. The van der Waals surface area contributed by atoms with Crippen LogP contribution >= 0.6 is 0 Å². The van der Waals surface area contributed by atoms with Crippen molar-refractivity contribution >= 4 is 5.78 Å². The van der Waals surface area contributed by atoms with Gasteiger partial charge in [-0.3, -0.25) is 4.79 Å². The van der Waals surface area contributed by atoms with E-state index in [2.05, 4.69) is 38.7 Å². The molecule has 3 heteroatoms. The summed E-state index contributed by atoms with van der Waals surface area (Å²) in [4.78, 5) is 12.1. The maximum absolute atomic E-state index is 12.1. The third-order valence-electron chi connectivity index (χ3n) is 8.48. The molecule has 4 aliphatic carbocycles. The van der Waals surface area contributed by atoms with Crippen LogP contribution in [0.5, 0.6) is 0 Å². The van der Waals surface area contributed by atoms with E-state index in [0.717, 1.165) is 30.4 Å². The van der Waals surface area contributed by atoms with Crippen LogP contribution in [0, 0.1) is 29.1 Å². The first kappa shape index (κ1) is 21.8. The highest BCUT2D eigenvalue weighted by molar-refractivity contribution is 5.93. The third-order valence-corrected chi connectivity index (χ3v) is 8.48. The summed E-state index contributed by atoms with van der Waals surface area (Å²) < 4.78 is 0. The molecule has 0 aliphatic heterocycles. The normalized spacial score (nSPS) is 40.9. The fraction of sp³-hybridized carbons (Fsp3) is 0.667. The van der Waals surface area contributed by atoms with Crippen molar-refractivity contribution in [2.75, 3.05) is 0 Å². The van der Waals surface area contributed by atoms with Crippen molar-refractivity contribution in [2.24, 2.45) is 29.1 Å². The fourth-order valence-electron chi connectivity index (χ4n) is 6.49. The lowest BCUT2D eigenvalue weighted by molar-refractivity contribution is -0.115. The predicted octanol–water partition coefficient (Wildman–Crippen LogP) is 5.30. The van der Waals surface area contributed by atoms with Gasteiger partial charge in [0.15, 0.2) is 5.78 Å².